The molecule has 3 aliphatic rings. The number of carbonyl (C=O) groups is 3. The molecule has 0 spiro atoms. The lowest BCUT2D eigenvalue weighted by Gasteiger charge is -2.37. The number of piperidine rings is 1. The maximum Gasteiger partial charge on any atom is 0.245 e. The molecule has 2 saturated heterocycles. The molecule has 7 heteroatoms. The Kier molecular flexibility index (Phi) is 5.80. The molecule has 0 unspecified atom stereocenters. The van der Waals surface area contributed by atoms with E-state index in [2.05, 4.69) is 9.55 Å². The normalized spacial score (nSPS) is 25.9. The topological polar surface area (TPSA) is 75.5 Å². The molecule has 3 heterocycles. The van der Waals surface area contributed by atoms with Gasteiger partial charge >= 0.3 is 0 Å². The fourth-order valence-corrected chi connectivity index (χ4v) is 5.22. The predicted molar refractivity (Wildman–Crippen MR) is 112 cm³/mol. The van der Waals surface area contributed by atoms with Crippen LogP contribution >= 0.6 is 0 Å². The number of amides is 3. The van der Waals surface area contributed by atoms with Crippen LogP contribution in [0.3, 0.4) is 0 Å². The lowest BCUT2D eigenvalue weighted by atomic mass is 9.85. The molecule has 1 aliphatic carbocycles. The van der Waals surface area contributed by atoms with Crippen molar-refractivity contribution in [2.24, 2.45) is 17.8 Å². The Bertz CT molecular complexity index is 824. The van der Waals surface area contributed by atoms with E-state index in [1.165, 1.54) is 4.90 Å². The first-order chi connectivity index (χ1) is 14.4. The number of hydrogen-bond donors (Lipinski definition) is 0. The first kappa shape index (κ1) is 20.8. The summed E-state index contributed by atoms with van der Waals surface area (Å²) < 4.78 is 2.18. The van der Waals surface area contributed by atoms with Crippen molar-refractivity contribution in [2.75, 3.05) is 13.1 Å². The Morgan fingerprint density at radius 2 is 1.70 bits per heavy atom. The van der Waals surface area contributed by atoms with Gasteiger partial charge < -0.3 is 9.47 Å². The largest absolute Gasteiger partial charge is 0.341 e. The van der Waals surface area contributed by atoms with Gasteiger partial charge in [-0.1, -0.05) is 26.0 Å². The molecule has 0 saturated carbocycles. The third-order valence-corrected chi connectivity index (χ3v) is 6.86. The Hall–Kier alpha value is -2.44. The highest BCUT2D eigenvalue weighted by Gasteiger charge is 2.51. The Labute approximate surface area is 178 Å². The summed E-state index contributed by atoms with van der Waals surface area (Å²) in [6.07, 6.45) is 11.1. The lowest BCUT2D eigenvalue weighted by Crippen LogP contribution is -2.53. The summed E-state index contributed by atoms with van der Waals surface area (Å²) in [5, 5.41) is 0. The number of aromatic nitrogens is 2. The van der Waals surface area contributed by atoms with Gasteiger partial charge in [-0.3, -0.25) is 19.3 Å². The quantitative estimate of drug-likeness (QED) is 0.550. The Morgan fingerprint density at radius 1 is 1.10 bits per heavy atom. The number of imidazole rings is 1. The van der Waals surface area contributed by atoms with Crippen LogP contribution in [0.1, 0.15) is 57.7 Å². The molecule has 1 aromatic rings. The molecule has 2 aliphatic heterocycles. The highest BCUT2D eigenvalue weighted by molar-refractivity contribution is 6.08. The van der Waals surface area contributed by atoms with E-state index in [9.17, 15) is 14.4 Å². The van der Waals surface area contributed by atoms with Crippen molar-refractivity contribution in [2.45, 2.75) is 65.0 Å². The van der Waals surface area contributed by atoms with Crippen LogP contribution in [0.4, 0.5) is 0 Å². The molecule has 0 bridgehead atoms. The van der Waals surface area contributed by atoms with Gasteiger partial charge in [0.1, 0.15) is 6.04 Å². The van der Waals surface area contributed by atoms with Gasteiger partial charge in [0, 0.05) is 31.0 Å². The lowest BCUT2D eigenvalue weighted by molar-refractivity contribution is -0.153. The van der Waals surface area contributed by atoms with E-state index in [1.807, 2.05) is 50.3 Å². The summed E-state index contributed by atoms with van der Waals surface area (Å²) in [6, 6.07) is -0.341. The van der Waals surface area contributed by atoms with E-state index >= 15 is 0 Å². The van der Waals surface area contributed by atoms with Crippen LogP contribution in [0.5, 0.6) is 0 Å². The number of hydrogen-bond acceptors (Lipinski definition) is 4. The van der Waals surface area contributed by atoms with Crippen LogP contribution in [0, 0.1) is 24.7 Å². The molecule has 3 amide bonds. The monoisotopic (exact) mass is 412 g/mol. The second kappa shape index (κ2) is 8.36. The van der Waals surface area contributed by atoms with Gasteiger partial charge in [0.25, 0.3) is 0 Å². The van der Waals surface area contributed by atoms with Crippen molar-refractivity contribution in [1.29, 1.82) is 0 Å². The van der Waals surface area contributed by atoms with Crippen LogP contribution in [0.15, 0.2) is 24.7 Å². The van der Waals surface area contributed by atoms with Gasteiger partial charge in [-0.15, -0.1) is 0 Å². The summed E-state index contributed by atoms with van der Waals surface area (Å²) in [7, 11) is 0. The highest BCUT2D eigenvalue weighted by atomic mass is 16.2. The van der Waals surface area contributed by atoms with Crippen molar-refractivity contribution >= 4 is 17.7 Å². The molecule has 3 atom stereocenters. The maximum absolute atomic E-state index is 13.5. The SMILES string of the molecule is Cc1cncn1C1CCN(C(=O)[C@H](CC(C)C)N2C(=O)[C@H]3CC=CC[C@H]3C2=O)CC1. The van der Waals surface area contributed by atoms with Gasteiger partial charge in [0.2, 0.25) is 17.7 Å². The average Bonchev–Trinajstić information content (AvgIpc) is 3.27. The van der Waals surface area contributed by atoms with E-state index in [1.54, 1.807) is 0 Å². The number of aryl methyl sites for hydroxylation is 1. The van der Waals surface area contributed by atoms with Crippen LogP contribution < -0.4 is 0 Å². The molecular formula is C23H32N4O3. The van der Waals surface area contributed by atoms with Gasteiger partial charge in [0.15, 0.2) is 0 Å². The standard InChI is InChI=1S/C23H32N4O3/c1-15(2)12-20(27-21(28)18-6-4-5-7-19(18)22(27)29)23(30)25-10-8-17(9-11-25)26-14-24-13-16(26)3/h4-5,13-15,17-20H,6-12H2,1-3H3/t18-,19+,20-/m0/s1. The maximum atomic E-state index is 13.5. The van der Waals surface area contributed by atoms with Gasteiger partial charge in [0.05, 0.1) is 18.2 Å². The minimum absolute atomic E-state index is 0.0715. The van der Waals surface area contributed by atoms with Crippen molar-refractivity contribution in [3.8, 4) is 0 Å². The molecule has 30 heavy (non-hydrogen) atoms. The molecule has 0 N–H and O–H groups in total. The molecule has 7 nitrogen and oxygen atoms in total. The fraction of sp³-hybridized carbons (Fsp3) is 0.652. The van der Waals surface area contributed by atoms with Crippen LogP contribution in [-0.4, -0.2) is 56.2 Å². The van der Waals surface area contributed by atoms with E-state index in [4.69, 9.17) is 0 Å². The van der Waals surface area contributed by atoms with E-state index in [-0.39, 0.29) is 35.5 Å². The van der Waals surface area contributed by atoms with Crippen LogP contribution in [0.25, 0.3) is 0 Å². The minimum Gasteiger partial charge on any atom is -0.341 e. The Balaban J connectivity index is 1.49. The third kappa shape index (κ3) is 3.70. The van der Waals surface area contributed by atoms with E-state index in [0.717, 1.165) is 18.5 Å². The van der Waals surface area contributed by atoms with Crippen molar-refractivity contribution < 1.29 is 14.4 Å². The zero-order valence-corrected chi connectivity index (χ0v) is 18.2. The van der Waals surface area contributed by atoms with E-state index in [0.29, 0.717) is 38.4 Å². The van der Waals surface area contributed by atoms with Crippen LogP contribution in [0.2, 0.25) is 0 Å². The second-order valence-corrected chi connectivity index (χ2v) is 9.35. The number of rotatable bonds is 5. The molecule has 1 aromatic heterocycles. The fourth-order valence-electron chi connectivity index (χ4n) is 5.22. The van der Waals surface area contributed by atoms with Gasteiger partial charge in [-0.2, -0.15) is 0 Å². The van der Waals surface area contributed by atoms with Crippen molar-refractivity contribution in [3.63, 3.8) is 0 Å². The number of nitrogens with zero attached hydrogens (tertiary/aromatic N) is 4. The minimum atomic E-state index is -0.679. The second-order valence-electron chi connectivity index (χ2n) is 9.35. The van der Waals surface area contributed by atoms with Crippen molar-refractivity contribution in [3.05, 3.63) is 30.4 Å². The smallest absolute Gasteiger partial charge is 0.245 e. The molecule has 2 fully saturated rings. The number of fused-ring (bicyclic) bond motifs is 1. The van der Waals surface area contributed by atoms with E-state index < -0.39 is 6.04 Å². The summed E-state index contributed by atoms with van der Waals surface area (Å²) >= 11 is 0. The van der Waals surface area contributed by atoms with Gasteiger partial charge in [-0.05, 0) is 44.9 Å². The first-order valence-electron chi connectivity index (χ1n) is 11.2. The zero-order valence-electron chi connectivity index (χ0n) is 18.2. The first-order valence-corrected chi connectivity index (χ1v) is 11.2. The summed E-state index contributed by atoms with van der Waals surface area (Å²) in [6.45, 7) is 7.39. The summed E-state index contributed by atoms with van der Waals surface area (Å²) in [5.41, 5.74) is 1.13. The summed E-state index contributed by atoms with van der Waals surface area (Å²) in [5.74, 6) is -0.751. The Morgan fingerprint density at radius 3 is 2.20 bits per heavy atom. The third-order valence-electron chi connectivity index (χ3n) is 6.86. The average molecular weight is 413 g/mol. The molecular weight excluding hydrogens is 380 g/mol. The zero-order chi connectivity index (χ0) is 21.4. The van der Waals surface area contributed by atoms with Crippen molar-refractivity contribution in [1.82, 2.24) is 19.4 Å². The number of likely N-dealkylation sites (tertiary alicyclic amines) is 2. The molecule has 0 aromatic carbocycles. The molecule has 4 rings (SSSR count). The van der Waals surface area contributed by atoms with Crippen LogP contribution in [-0.2, 0) is 14.4 Å². The number of imide groups is 1. The highest BCUT2D eigenvalue weighted by Crippen LogP contribution is 2.37. The predicted octanol–water partition coefficient (Wildman–Crippen LogP) is 2.72. The molecule has 0 radical (unpaired) electrons. The summed E-state index contributed by atoms with van der Waals surface area (Å²) in [4.78, 5) is 47.1. The number of carbonyl (C=O) groups excluding carboxylic acids is 3. The number of allylic oxidation sites excluding steroid dienone is 2. The van der Waals surface area contributed by atoms with Gasteiger partial charge in [-0.25, -0.2) is 4.98 Å². The molecule has 162 valence electrons.